The van der Waals surface area contributed by atoms with Gasteiger partial charge >= 0.3 is 0 Å². The summed E-state index contributed by atoms with van der Waals surface area (Å²) in [6.45, 7) is 11.6. The third kappa shape index (κ3) is 8.18. The topological polar surface area (TPSA) is 24.9 Å². The maximum Gasteiger partial charge on any atom is 0.0717 e. The minimum Gasteiger partial charge on any atom is -0.380 e. The highest BCUT2D eigenvalue weighted by atomic mass is 16.5. The normalized spacial score (nSPS) is 13.2. The monoisotopic (exact) mass is 734 g/mol. The van der Waals surface area contributed by atoms with Crippen molar-refractivity contribution in [2.24, 2.45) is 5.41 Å². The standard InChI is InChI=1S/C52H50N2O2/c1-5-52(36-56-37-52)35-55-34-41-12-14-42(15-13-41)43-16-28-50(29-17-43)54(48-26-10-40(4)11-27-48)51-32-20-45(21-33-51)44-18-30-49(31-19-44)53(46-22-6-38(2)7-23-46)47-24-8-39(3)9-25-47/h6-33H,5,34-37H2,1-4H3. The first-order chi connectivity index (χ1) is 27.4. The van der Waals surface area contributed by atoms with Crippen molar-refractivity contribution in [2.45, 2.75) is 40.7 Å². The highest BCUT2D eigenvalue weighted by Crippen LogP contribution is 2.39. The van der Waals surface area contributed by atoms with Crippen LogP contribution >= 0.6 is 0 Å². The van der Waals surface area contributed by atoms with Crippen molar-refractivity contribution in [3.05, 3.63) is 192 Å². The summed E-state index contributed by atoms with van der Waals surface area (Å²) >= 11 is 0. The van der Waals surface area contributed by atoms with Gasteiger partial charge in [0.1, 0.15) is 0 Å². The molecule has 7 aromatic carbocycles. The Labute approximate surface area is 332 Å². The maximum atomic E-state index is 6.09. The van der Waals surface area contributed by atoms with Crippen LogP contribution in [-0.2, 0) is 16.1 Å². The van der Waals surface area contributed by atoms with Crippen molar-refractivity contribution in [3.63, 3.8) is 0 Å². The second kappa shape index (κ2) is 16.4. The van der Waals surface area contributed by atoms with Gasteiger partial charge in [0.25, 0.3) is 0 Å². The Morgan fingerprint density at radius 1 is 0.429 bits per heavy atom. The van der Waals surface area contributed by atoms with Crippen LogP contribution in [0.4, 0.5) is 34.1 Å². The van der Waals surface area contributed by atoms with Crippen LogP contribution < -0.4 is 9.80 Å². The lowest BCUT2D eigenvalue weighted by atomic mass is 9.84. The molecule has 1 aliphatic heterocycles. The number of anilines is 6. The quantitative estimate of drug-likeness (QED) is 0.118. The summed E-state index contributed by atoms with van der Waals surface area (Å²) in [7, 11) is 0. The van der Waals surface area contributed by atoms with Crippen LogP contribution in [-0.4, -0.2) is 19.8 Å². The van der Waals surface area contributed by atoms with Gasteiger partial charge in [-0.3, -0.25) is 0 Å². The SMILES string of the molecule is CCC1(COCc2ccc(-c3ccc(N(c4ccc(C)cc4)c4ccc(-c5ccc(N(c6ccc(C)cc6)c6ccc(C)cc6)cc5)cc4)cc3)cc2)COC1. The summed E-state index contributed by atoms with van der Waals surface area (Å²) in [4.78, 5) is 4.64. The molecule has 4 heteroatoms. The molecule has 0 aliphatic carbocycles. The van der Waals surface area contributed by atoms with Gasteiger partial charge in [-0.2, -0.15) is 0 Å². The van der Waals surface area contributed by atoms with E-state index in [1.54, 1.807) is 0 Å². The van der Waals surface area contributed by atoms with Crippen molar-refractivity contribution < 1.29 is 9.47 Å². The number of hydrogen-bond acceptors (Lipinski definition) is 4. The Bertz CT molecular complexity index is 2280. The van der Waals surface area contributed by atoms with Crippen LogP contribution in [0.25, 0.3) is 22.3 Å². The maximum absolute atomic E-state index is 6.09. The molecule has 0 N–H and O–H groups in total. The summed E-state index contributed by atoms with van der Waals surface area (Å²) in [5, 5.41) is 0. The first-order valence-corrected chi connectivity index (χ1v) is 19.7. The highest BCUT2D eigenvalue weighted by molar-refractivity contribution is 5.81. The van der Waals surface area contributed by atoms with E-state index in [4.69, 9.17) is 9.47 Å². The van der Waals surface area contributed by atoms with E-state index in [1.807, 2.05) is 0 Å². The number of benzene rings is 7. The van der Waals surface area contributed by atoms with Gasteiger partial charge in [0.15, 0.2) is 0 Å². The summed E-state index contributed by atoms with van der Waals surface area (Å²) in [5.41, 5.74) is 16.6. The fourth-order valence-electron chi connectivity index (χ4n) is 7.34. The zero-order chi connectivity index (χ0) is 38.5. The van der Waals surface area contributed by atoms with E-state index >= 15 is 0 Å². The minimum atomic E-state index is 0.205. The van der Waals surface area contributed by atoms with Gasteiger partial charge in [-0.05, 0) is 128 Å². The van der Waals surface area contributed by atoms with Gasteiger partial charge < -0.3 is 19.3 Å². The predicted octanol–water partition coefficient (Wildman–Crippen LogP) is 13.8. The molecule has 1 fully saturated rings. The first kappa shape index (κ1) is 37.0. The Hall–Kier alpha value is -5.94. The van der Waals surface area contributed by atoms with Gasteiger partial charge in [-0.1, -0.05) is 121 Å². The summed E-state index contributed by atoms with van der Waals surface area (Å²) in [5.74, 6) is 0. The lowest BCUT2D eigenvalue weighted by Crippen LogP contribution is -2.45. The van der Waals surface area contributed by atoms with Crippen LogP contribution in [0.1, 0.15) is 35.6 Å². The first-order valence-electron chi connectivity index (χ1n) is 19.7. The minimum absolute atomic E-state index is 0.205. The second-order valence-corrected chi connectivity index (χ2v) is 15.4. The molecule has 0 bridgehead atoms. The van der Waals surface area contributed by atoms with Gasteiger partial charge in [0, 0.05) is 39.5 Å². The number of ether oxygens (including phenoxy) is 2. The van der Waals surface area contributed by atoms with E-state index in [2.05, 4.69) is 207 Å². The van der Waals surface area contributed by atoms with Crippen LogP contribution in [0.3, 0.4) is 0 Å². The van der Waals surface area contributed by atoms with E-state index in [1.165, 1.54) is 44.5 Å². The Morgan fingerprint density at radius 2 is 0.714 bits per heavy atom. The van der Waals surface area contributed by atoms with Crippen molar-refractivity contribution in [2.75, 3.05) is 29.6 Å². The second-order valence-electron chi connectivity index (χ2n) is 15.4. The predicted molar refractivity (Wildman–Crippen MR) is 234 cm³/mol. The molecular formula is C52H50N2O2. The molecule has 8 rings (SSSR count). The molecule has 0 aromatic heterocycles. The third-order valence-corrected chi connectivity index (χ3v) is 11.1. The van der Waals surface area contributed by atoms with E-state index < -0.39 is 0 Å². The number of rotatable bonds is 13. The Morgan fingerprint density at radius 3 is 0.982 bits per heavy atom. The molecule has 0 atom stereocenters. The van der Waals surface area contributed by atoms with E-state index in [0.29, 0.717) is 6.61 Å². The largest absolute Gasteiger partial charge is 0.380 e. The van der Waals surface area contributed by atoms with Crippen molar-refractivity contribution in [1.82, 2.24) is 0 Å². The molecular weight excluding hydrogens is 685 g/mol. The summed E-state index contributed by atoms with van der Waals surface area (Å²) < 4.78 is 11.5. The van der Waals surface area contributed by atoms with Gasteiger partial charge in [0.2, 0.25) is 0 Å². The molecule has 280 valence electrons. The number of nitrogens with zero attached hydrogens (tertiary/aromatic N) is 2. The van der Waals surface area contributed by atoms with Crippen LogP contribution in [0.2, 0.25) is 0 Å². The highest BCUT2D eigenvalue weighted by Gasteiger charge is 2.37. The van der Waals surface area contributed by atoms with Crippen LogP contribution in [0.5, 0.6) is 0 Å². The Kier molecular flexibility index (Phi) is 10.9. The molecule has 0 radical (unpaired) electrons. The van der Waals surface area contributed by atoms with Crippen molar-refractivity contribution >= 4 is 34.1 Å². The molecule has 0 amide bonds. The molecule has 7 aromatic rings. The van der Waals surface area contributed by atoms with Crippen LogP contribution in [0, 0.1) is 26.2 Å². The van der Waals surface area contributed by atoms with Crippen LogP contribution in [0.15, 0.2) is 170 Å². The van der Waals surface area contributed by atoms with E-state index in [-0.39, 0.29) is 5.41 Å². The molecule has 1 heterocycles. The van der Waals surface area contributed by atoms with Gasteiger partial charge in [-0.15, -0.1) is 0 Å². The third-order valence-electron chi connectivity index (χ3n) is 11.1. The van der Waals surface area contributed by atoms with Crippen molar-refractivity contribution in [1.29, 1.82) is 0 Å². The molecule has 56 heavy (non-hydrogen) atoms. The molecule has 0 spiro atoms. The molecule has 4 nitrogen and oxygen atoms in total. The van der Waals surface area contributed by atoms with Crippen molar-refractivity contribution in [3.8, 4) is 22.3 Å². The zero-order valence-electron chi connectivity index (χ0n) is 32.9. The molecule has 1 saturated heterocycles. The fraction of sp³-hybridized carbons (Fsp3) is 0.192. The average Bonchev–Trinajstić information content (AvgIpc) is 3.22. The van der Waals surface area contributed by atoms with Gasteiger partial charge in [0.05, 0.1) is 26.4 Å². The smallest absolute Gasteiger partial charge is 0.0717 e. The Balaban J connectivity index is 1.01. The van der Waals surface area contributed by atoms with E-state index in [9.17, 15) is 0 Å². The lowest BCUT2D eigenvalue weighted by molar-refractivity contribution is -0.152. The molecule has 0 saturated carbocycles. The molecule has 1 aliphatic rings. The molecule has 0 unspecified atom stereocenters. The number of hydrogen-bond donors (Lipinski definition) is 0. The average molecular weight is 735 g/mol. The fourth-order valence-corrected chi connectivity index (χ4v) is 7.34. The summed E-state index contributed by atoms with van der Waals surface area (Å²) in [6.07, 6.45) is 1.09. The van der Waals surface area contributed by atoms with E-state index in [0.717, 1.165) is 60.4 Å². The van der Waals surface area contributed by atoms with Gasteiger partial charge in [-0.25, -0.2) is 0 Å². The lowest BCUT2D eigenvalue weighted by Gasteiger charge is -2.40. The number of aryl methyl sites for hydroxylation is 3. The summed E-state index contributed by atoms with van der Waals surface area (Å²) in [6, 6.07) is 61.6. The zero-order valence-corrected chi connectivity index (χ0v) is 32.9.